The van der Waals surface area contributed by atoms with Crippen LogP contribution in [0, 0.1) is 15.5 Å². The van der Waals surface area contributed by atoms with Crippen molar-refractivity contribution in [1.29, 1.82) is 5.41 Å². The second-order valence-electron chi connectivity index (χ2n) is 7.29. The number of nitrogens with zero attached hydrogens (tertiary/aromatic N) is 2. The van der Waals surface area contributed by atoms with Crippen LogP contribution < -0.4 is 27.4 Å². The second kappa shape index (κ2) is 11.6. The number of carbonyl (C=O) groups excluding carboxylic acids is 3. The van der Waals surface area contributed by atoms with E-state index in [1.54, 1.807) is 0 Å². The molecule has 1 aliphatic rings. The molecule has 0 unspecified atom stereocenters. The van der Waals surface area contributed by atoms with E-state index in [9.17, 15) is 24.5 Å². The van der Waals surface area contributed by atoms with Crippen molar-refractivity contribution in [1.82, 2.24) is 15.5 Å². The number of guanidine groups is 1. The average Bonchev–Trinajstić information content (AvgIpc) is 3.25. The molecule has 2 atom stereocenters. The number of hydrogen-bond donors (Lipinski definition) is 6. The van der Waals surface area contributed by atoms with Gasteiger partial charge >= 0.3 is 0 Å². The zero-order valence-electron chi connectivity index (χ0n) is 17.5. The van der Waals surface area contributed by atoms with Gasteiger partial charge in [0.15, 0.2) is 5.96 Å². The predicted octanol–water partition coefficient (Wildman–Crippen LogP) is -0.769. The van der Waals surface area contributed by atoms with Crippen molar-refractivity contribution < 1.29 is 19.3 Å². The van der Waals surface area contributed by atoms with Crippen molar-refractivity contribution in [3.8, 4) is 0 Å². The molecule has 2 rings (SSSR count). The summed E-state index contributed by atoms with van der Waals surface area (Å²) >= 11 is 0. The van der Waals surface area contributed by atoms with Crippen LogP contribution in [0.2, 0.25) is 0 Å². The van der Waals surface area contributed by atoms with E-state index in [1.807, 2.05) is 0 Å². The van der Waals surface area contributed by atoms with Crippen LogP contribution in [0.3, 0.4) is 0 Å². The summed E-state index contributed by atoms with van der Waals surface area (Å²) in [5.74, 6) is -1.50. The van der Waals surface area contributed by atoms with E-state index < -0.39 is 28.8 Å². The van der Waals surface area contributed by atoms with E-state index >= 15 is 0 Å². The van der Waals surface area contributed by atoms with E-state index in [2.05, 4.69) is 16.0 Å². The third-order valence-electron chi connectivity index (χ3n) is 5.01. The molecule has 13 nitrogen and oxygen atoms in total. The fourth-order valence-corrected chi connectivity index (χ4v) is 3.42. The lowest BCUT2D eigenvalue weighted by Crippen LogP contribution is -2.52. The van der Waals surface area contributed by atoms with Crippen LogP contribution in [0.25, 0.3) is 0 Å². The Morgan fingerprint density at radius 1 is 1.28 bits per heavy atom. The van der Waals surface area contributed by atoms with Crippen LogP contribution in [0.1, 0.15) is 25.7 Å². The van der Waals surface area contributed by atoms with Gasteiger partial charge in [-0.25, -0.2) is 0 Å². The Bertz CT molecular complexity index is 860. The molecule has 1 aromatic rings. The van der Waals surface area contributed by atoms with Gasteiger partial charge in [-0.05, 0) is 37.8 Å². The lowest BCUT2D eigenvalue weighted by molar-refractivity contribution is -0.384. The van der Waals surface area contributed by atoms with Gasteiger partial charge < -0.3 is 32.3 Å². The van der Waals surface area contributed by atoms with E-state index in [-0.39, 0.29) is 30.5 Å². The molecule has 1 saturated heterocycles. The molecule has 174 valence electrons. The van der Waals surface area contributed by atoms with Gasteiger partial charge in [-0.1, -0.05) is 0 Å². The largest absolute Gasteiger partial charge is 0.370 e. The highest BCUT2D eigenvalue weighted by molar-refractivity contribution is 5.98. The van der Waals surface area contributed by atoms with Crippen LogP contribution >= 0.6 is 0 Å². The zero-order valence-corrected chi connectivity index (χ0v) is 17.5. The number of amides is 3. The standard InChI is InChI=1S/C19H28N8O5/c20-11-16(28)26-10-2-4-15(26)18(30)25-14(3-1-9-23-19(21)22)17(29)24-12-5-7-13(8-6-12)27(31)32/h5-8,14-15H,1-4,9-11,20H2,(H,24,29)(H,25,30)(H4,21,22,23)/t14-,15-/m0/s1. The van der Waals surface area contributed by atoms with Crippen LogP contribution in [0.15, 0.2) is 24.3 Å². The molecule has 13 heteroatoms. The SMILES string of the molecule is N=C(N)NCCC[C@H](NC(=O)[C@@H]1CCCN1C(=O)CN)C(=O)Nc1ccc([N+](=O)[O-])cc1. The maximum Gasteiger partial charge on any atom is 0.269 e. The molecule has 1 aliphatic heterocycles. The van der Waals surface area contributed by atoms with E-state index in [0.29, 0.717) is 38.0 Å². The lowest BCUT2D eigenvalue weighted by atomic mass is 10.1. The van der Waals surface area contributed by atoms with Gasteiger partial charge in [0.05, 0.1) is 11.5 Å². The number of hydrogen-bond acceptors (Lipinski definition) is 7. The van der Waals surface area contributed by atoms with Crippen LogP contribution in [-0.4, -0.2) is 65.2 Å². The number of non-ortho nitro benzene ring substituents is 1. The fraction of sp³-hybridized carbons (Fsp3) is 0.474. The average molecular weight is 448 g/mol. The van der Waals surface area contributed by atoms with E-state index in [4.69, 9.17) is 16.9 Å². The summed E-state index contributed by atoms with van der Waals surface area (Å²) in [5.41, 5.74) is 10.9. The third kappa shape index (κ3) is 6.91. The summed E-state index contributed by atoms with van der Waals surface area (Å²) in [6.45, 7) is 0.550. The normalized spacial score (nSPS) is 16.2. The molecule has 0 bridgehead atoms. The van der Waals surface area contributed by atoms with E-state index in [1.165, 1.54) is 29.2 Å². The number of carbonyl (C=O) groups is 3. The Morgan fingerprint density at radius 3 is 2.56 bits per heavy atom. The first-order valence-corrected chi connectivity index (χ1v) is 10.2. The molecule has 0 radical (unpaired) electrons. The summed E-state index contributed by atoms with van der Waals surface area (Å²) in [5, 5.41) is 25.9. The number of nitrogens with two attached hydrogens (primary N) is 2. The zero-order chi connectivity index (χ0) is 23.7. The highest BCUT2D eigenvalue weighted by Gasteiger charge is 2.35. The highest BCUT2D eigenvalue weighted by atomic mass is 16.6. The number of likely N-dealkylation sites (tertiary alicyclic amines) is 1. The summed E-state index contributed by atoms with van der Waals surface area (Å²) in [7, 11) is 0. The minimum atomic E-state index is -0.929. The minimum absolute atomic E-state index is 0.117. The Hall–Kier alpha value is -3.74. The molecule has 0 saturated carbocycles. The second-order valence-corrected chi connectivity index (χ2v) is 7.29. The maximum absolute atomic E-state index is 12.8. The molecule has 3 amide bonds. The minimum Gasteiger partial charge on any atom is -0.370 e. The molecule has 1 fully saturated rings. The first-order valence-electron chi connectivity index (χ1n) is 10.2. The van der Waals surface area contributed by atoms with E-state index in [0.717, 1.165) is 0 Å². The fourth-order valence-electron chi connectivity index (χ4n) is 3.42. The molecule has 1 heterocycles. The Labute approximate surface area is 184 Å². The van der Waals surface area contributed by atoms with Gasteiger partial charge in [0.25, 0.3) is 5.69 Å². The van der Waals surface area contributed by atoms with Gasteiger partial charge in [-0.2, -0.15) is 0 Å². The molecular formula is C19H28N8O5. The van der Waals surface area contributed by atoms with Crippen molar-refractivity contribution in [2.24, 2.45) is 11.5 Å². The number of anilines is 1. The molecule has 0 spiro atoms. The van der Waals surface area contributed by atoms with Crippen molar-refractivity contribution in [3.63, 3.8) is 0 Å². The van der Waals surface area contributed by atoms with Crippen molar-refractivity contribution >= 4 is 35.1 Å². The van der Waals surface area contributed by atoms with Crippen molar-refractivity contribution in [3.05, 3.63) is 34.4 Å². The number of benzene rings is 1. The molecule has 0 aromatic heterocycles. The number of rotatable bonds is 10. The van der Waals surface area contributed by atoms with Gasteiger partial charge in [-0.3, -0.25) is 29.9 Å². The summed E-state index contributed by atoms with van der Waals surface area (Å²) in [6.07, 6.45) is 1.79. The van der Waals surface area contributed by atoms with Crippen LogP contribution in [0.4, 0.5) is 11.4 Å². The van der Waals surface area contributed by atoms with Crippen molar-refractivity contribution in [2.45, 2.75) is 37.8 Å². The Kier molecular flexibility index (Phi) is 8.89. The first-order chi connectivity index (χ1) is 15.2. The smallest absolute Gasteiger partial charge is 0.269 e. The molecule has 1 aromatic carbocycles. The lowest BCUT2D eigenvalue weighted by Gasteiger charge is -2.26. The topological polar surface area (TPSA) is 210 Å². The predicted molar refractivity (Wildman–Crippen MR) is 117 cm³/mol. The summed E-state index contributed by atoms with van der Waals surface area (Å²) in [6, 6.07) is 3.68. The number of nitro groups is 1. The summed E-state index contributed by atoms with van der Waals surface area (Å²) in [4.78, 5) is 49.3. The number of nitro benzene ring substituents is 1. The third-order valence-corrected chi connectivity index (χ3v) is 5.01. The quantitative estimate of drug-likeness (QED) is 0.0877. The monoisotopic (exact) mass is 448 g/mol. The van der Waals surface area contributed by atoms with Gasteiger partial charge in [0, 0.05) is 30.9 Å². The highest BCUT2D eigenvalue weighted by Crippen LogP contribution is 2.19. The summed E-state index contributed by atoms with van der Waals surface area (Å²) < 4.78 is 0. The van der Waals surface area contributed by atoms with Gasteiger partial charge in [0.2, 0.25) is 17.7 Å². The van der Waals surface area contributed by atoms with Crippen LogP contribution in [0.5, 0.6) is 0 Å². The number of nitrogens with one attached hydrogen (secondary N) is 4. The Balaban J connectivity index is 2.07. The maximum atomic E-state index is 12.8. The molecule has 8 N–H and O–H groups in total. The first kappa shape index (κ1) is 24.5. The van der Waals surface area contributed by atoms with Gasteiger partial charge in [-0.15, -0.1) is 0 Å². The van der Waals surface area contributed by atoms with Crippen molar-refractivity contribution in [2.75, 3.05) is 25.0 Å². The molecule has 0 aliphatic carbocycles. The Morgan fingerprint density at radius 2 is 1.97 bits per heavy atom. The molecule has 32 heavy (non-hydrogen) atoms. The van der Waals surface area contributed by atoms with Crippen LogP contribution in [-0.2, 0) is 14.4 Å². The van der Waals surface area contributed by atoms with Gasteiger partial charge in [0.1, 0.15) is 12.1 Å². The molecular weight excluding hydrogens is 420 g/mol.